The molecule has 154 valence electrons. The van der Waals surface area contributed by atoms with Gasteiger partial charge in [-0.25, -0.2) is 13.4 Å². The lowest BCUT2D eigenvalue weighted by Gasteiger charge is -2.10. The van der Waals surface area contributed by atoms with Crippen molar-refractivity contribution in [2.75, 3.05) is 17.1 Å². The van der Waals surface area contributed by atoms with Crippen LogP contribution in [0.25, 0.3) is 10.9 Å². The van der Waals surface area contributed by atoms with E-state index in [2.05, 4.69) is 15.0 Å². The number of aromatic nitrogens is 2. The lowest BCUT2D eigenvalue weighted by molar-refractivity contribution is -0.116. The number of carbonyl (C=O) groups excluding carboxylic acids is 1. The third-order valence-corrected chi connectivity index (χ3v) is 6.56. The first-order valence-electron chi connectivity index (χ1n) is 8.90. The summed E-state index contributed by atoms with van der Waals surface area (Å²) in [6.07, 6.45) is 3.34. The molecule has 0 saturated heterocycles. The summed E-state index contributed by atoms with van der Waals surface area (Å²) in [6, 6.07) is 13.6. The van der Waals surface area contributed by atoms with E-state index in [0.29, 0.717) is 16.6 Å². The number of anilines is 2. The van der Waals surface area contributed by atoms with E-state index in [-0.39, 0.29) is 17.3 Å². The zero-order valence-corrected chi connectivity index (χ0v) is 17.5. The Labute approximate surface area is 177 Å². The van der Waals surface area contributed by atoms with Crippen LogP contribution in [0, 0.1) is 0 Å². The first-order chi connectivity index (χ1) is 14.5. The van der Waals surface area contributed by atoms with Crippen LogP contribution in [-0.2, 0) is 21.4 Å². The number of hydrogen-bond acceptors (Lipinski definition) is 6. The summed E-state index contributed by atoms with van der Waals surface area (Å²) < 4.78 is 34.4. The fraction of sp³-hybridized carbons (Fsp3) is 0.100. The molecule has 8 nitrogen and oxygen atoms in total. The highest BCUT2D eigenvalue weighted by atomic mass is 32.2. The van der Waals surface area contributed by atoms with Crippen molar-refractivity contribution in [2.45, 2.75) is 11.4 Å². The summed E-state index contributed by atoms with van der Waals surface area (Å²) >= 11 is 1.19. The van der Waals surface area contributed by atoms with Crippen molar-refractivity contribution in [2.24, 2.45) is 0 Å². The Morgan fingerprint density at radius 2 is 1.97 bits per heavy atom. The van der Waals surface area contributed by atoms with Crippen LogP contribution >= 0.6 is 11.3 Å². The van der Waals surface area contributed by atoms with Crippen LogP contribution in [0.5, 0.6) is 5.75 Å². The molecular formula is C20H18N4O4S2. The maximum Gasteiger partial charge on any atom is 0.263 e. The van der Waals surface area contributed by atoms with E-state index in [1.807, 2.05) is 30.5 Å². The number of carbonyl (C=O) groups is 1. The average molecular weight is 443 g/mol. The van der Waals surface area contributed by atoms with Gasteiger partial charge in [-0.2, -0.15) is 0 Å². The molecule has 10 heteroatoms. The van der Waals surface area contributed by atoms with Crippen molar-refractivity contribution in [3.05, 3.63) is 66.3 Å². The maximum absolute atomic E-state index is 12.5. The molecule has 2 heterocycles. The highest BCUT2D eigenvalue weighted by Gasteiger charge is 2.16. The minimum Gasteiger partial charge on any atom is -0.495 e. The van der Waals surface area contributed by atoms with Gasteiger partial charge in [0, 0.05) is 28.8 Å². The number of para-hydroxylation sites is 1. The number of thiazole rings is 1. The molecule has 0 aliphatic rings. The molecule has 1 amide bonds. The highest BCUT2D eigenvalue weighted by molar-refractivity contribution is 7.93. The molecule has 4 rings (SSSR count). The topological polar surface area (TPSA) is 102 Å². The number of amides is 1. The van der Waals surface area contributed by atoms with Crippen LogP contribution in [0.2, 0.25) is 0 Å². The summed E-state index contributed by atoms with van der Waals surface area (Å²) in [5, 5.41) is 5.73. The molecule has 2 aromatic carbocycles. The lowest BCUT2D eigenvalue weighted by atomic mass is 10.2. The predicted octanol–water partition coefficient (Wildman–Crippen LogP) is 3.55. The number of rotatable bonds is 7. The van der Waals surface area contributed by atoms with Gasteiger partial charge in [0.25, 0.3) is 10.0 Å². The first-order valence-corrected chi connectivity index (χ1v) is 11.3. The third kappa shape index (κ3) is 4.14. The Kier molecular flexibility index (Phi) is 5.42. The minimum absolute atomic E-state index is 0.0804. The summed E-state index contributed by atoms with van der Waals surface area (Å²) in [7, 11) is -2.15. The monoisotopic (exact) mass is 442 g/mol. The molecule has 0 aliphatic heterocycles. The van der Waals surface area contributed by atoms with Crippen LogP contribution in [0.4, 0.5) is 10.8 Å². The van der Waals surface area contributed by atoms with Crippen LogP contribution < -0.4 is 14.8 Å². The van der Waals surface area contributed by atoms with Crippen molar-refractivity contribution < 1.29 is 17.9 Å². The van der Waals surface area contributed by atoms with E-state index in [0.717, 1.165) is 10.9 Å². The summed E-state index contributed by atoms with van der Waals surface area (Å²) in [6.45, 7) is 0.0928. The lowest BCUT2D eigenvalue weighted by Crippen LogP contribution is -2.18. The van der Waals surface area contributed by atoms with Gasteiger partial charge in [-0.05, 0) is 36.4 Å². The third-order valence-electron chi connectivity index (χ3n) is 4.39. The summed E-state index contributed by atoms with van der Waals surface area (Å²) in [5.74, 6) is 0.447. The molecule has 0 spiro atoms. The highest BCUT2D eigenvalue weighted by Crippen LogP contribution is 2.26. The Balaban J connectivity index is 1.46. The van der Waals surface area contributed by atoms with Gasteiger partial charge in [0.05, 0.1) is 17.5 Å². The fourth-order valence-electron chi connectivity index (χ4n) is 3.04. The quantitative estimate of drug-likeness (QED) is 0.456. The molecule has 2 aromatic heterocycles. The molecule has 2 N–H and O–H groups in total. The molecule has 0 saturated carbocycles. The minimum atomic E-state index is -3.73. The van der Waals surface area contributed by atoms with Crippen LogP contribution in [0.3, 0.4) is 0 Å². The van der Waals surface area contributed by atoms with E-state index in [1.165, 1.54) is 29.7 Å². The number of hydrogen-bond donors (Lipinski definition) is 2. The van der Waals surface area contributed by atoms with Gasteiger partial charge >= 0.3 is 0 Å². The molecule has 0 fully saturated rings. The van der Waals surface area contributed by atoms with E-state index < -0.39 is 10.0 Å². The van der Waals surface area contributed by atoms with E-state index in [9.17, 15) is 13.2 Å². The van der Waals surface area contributed by atoms with Gasteiger partial charge in [-0.1, -0.05) is 12.1 Å². The standard InChI is InChI=1S/C20H18N4O4S2/c1-28-17-4-2-3-14-9-11-24(19(14)17)13-18(25)22-15-5-7-16(8-6-15)30(26,27)23-20-21-10-12-29-20/h2-12H,13H2,1H3,(H,21,23)(H,22,25). The number of benzene rings is 2. The van der Waals surface area contributed by atoms with Crippen molar-refractivity contribution >= 4 is 49.0 Å². The zero-order chi connectivity index (χ0) is 21.1. The molecule has 0 atom stereocenters. The van der Waals surface area contributed by atoms with Gasteiger partial charge < -0.3 is 14.6 Å². The largest absolute Gasteiger partial charge is 0.495 e. The van der Waals surface area contributed by atoms with E-state index >= 15 is 0 Å². The number of methoxy groups -OCH3 is 1. The van der Waals surface area contributed by atoms with Gasteiger partial charge in [0.1, 0.15) is 12.3 Å². The number of nitrogens with one attached hydrogen (secondary N) is 2. The van der Waals surface area contributed by atoms with Crippen LogP contribution in [0.1, 0.15) is 0 Å². The first kappa shape index (κ1) is 19.9. The van der Waals surface area contributed by atoms with Gasteiger partial charge in [0.15, 0.2) is 5.13 Å². The Morgan fingerprint density at radius 1 is 1.17 bits per heavy atom. The normalized spacial score (nSPS) is 11.4. The summed E-state index contributed by atoms with van der Waals surface area (Å²) in [5.41, 5.74) is 1.33. The number of nitrogens with zero attached hydrogens (tertiary/aromatic N) is 2. The van der Waals surface area contributed by atoms with Crippen LogP contribution in [-0.4, -0.2) is 31.0 Å². The zero-order valence-electron chi connectivity index (χ0n) is 15.9. The predicted molar refractivity (Wildman–Crippen MR) is 116 cm³/mol. The van der Waals surface area contributed by atoms with Crippen molar-refractivity contribution in [1.29, 1.82) is 0 Å². The second-order valence-electron chi connectivity index (χ2n) is 6.36. The van der Waals surface area contributed by atoms with Crippen molar-refractivity contribution in [1.82, 2.24) is 9.55 Å². The molecule has 4 aromatic rings. The molecule has 0 bridgehead atoms. The van der Waals surface area contributed by atoms with E-state index in [1.54, 1.807) is 29.2 Å². The fourth-order valence-corrected chi connectivity index (χ4v) is 4.83. The maximum atomic E-state index is 12.5. The van der Waals surface area contributed by atoms with Gasteiger partial charge in [-0.3, -0.25) is 9.52 Å². The van der Waals surface area contributed by atoms with Crippen molar-refractivity contribution in [3.8, 4) is 5.75 Å². The number of sulfonamides is 1. The van der Waals surface area contributed by atoms with E-state index in [4.69, 9.17) is 4.74 Å². The van der Waals surface area contributed by atoms with Gasteiger partial charge in [-0.15, -0.1) is 11.3 Å². The molecule has 0 radical (unpaired) electrons. The SMILES string of the molecule is COc1cccc2ccn(CC(=O)Nc3ccc(S(=O)(=O)Nc4nccs4)cc3)c12. The number of fused-ring (bicyclic) bond motifs is 1. The summed E-state index contributed by atoms with van der Waals surface area (Å²) in [4.78, 5) is 16.5. The molecular weight excluding hydrogens is 424 g/mol. The number of ether oxygens (including phenoxy) is 1. The second kappa shape index (κ2) is 8.17. The van der Waals surface area contributed by atoms with Gasteiger partial charge in [0.2, 0.25) is 5.91 Å². The second-order valence-corrected chi connectivity index (χ2v) is 8.93. The molecule has 0 unspecified atom stereocenters. The van der Waals surface area contributed by atoms with Crippen molar-refractivity contribution in [3.63, 3.8) is 0 Å². The average Bonchev–Trinajstić information content (AvgIpc) is 3.38. The molecule has 30 heavy (non-hydrogen) atoms. The Hall–Kier alpha value is -3.37. The Morgan fingerprint density at radius 3 is 2.67 bits per heavy atom. The Bertz CT molecular complexity index is 1280. The smallest absolute Gasteiger partial charge is 0.263 e. The van der Waals surface area contributed by atoms with Crippen LogP contribution in [0.15, 0.2) is 71.2 Å². The molecule has 0 aliphatic carbocycles.